The van der Waals surface area contributed by atoms with Gasteiger partial charge in [0.25, 0.3) is 0 Å². The number of hydrogen-bond donors (Lipinski definition) is 2. The zero-order chi connectivity index (χ0) is 14.0. The summed E-state index contributed by atoms with van der Waals surface area (Å²) in [6.45, 7) is 2.02. The zero-order valence-electron chi connectivity index (χ0n) is 10.6. The van der Waals surface area contributed by atoms with Crippen molar-refractivity contribution in [1.29, 1.82) is 0 Å². The molecule has 1 aromatic carbocycles. The first kappa shape index (κ1) is 14.3. The molecule has 2 rings (SSSR count). The normalized spacial score (nSPS) is 22.2. The van der Waals surface area contributed by atoms with Crippen LogP contribution in [0.1, 0.15) is 24.8 Å². The van der Waals surface area contributed by atoms with Crippen LogP contribution in [0.5, 0.6) is 0 Å². The first-order valence-electron chi connectivity index (χ1n) is 6.27. The molecule has 0 heterocycles. The van der Waals surface area contributed by atoms with Gasteiger partial charge in [-0.1, -0.05) is 6.07 Å². The zero-order valence-corrected chi connectivity index (χ0v) is 12.8. The van der Waals surface area contributed by atoms with Crippen LogP contribution in [0.3, 0.4) is 0 Å². The number of anilines is 1. The number of amides is 1. The summed E-state index contributed by atoms with van der Waals surface area (Å²) in [6, 6.07) is 5.77. The van der Waals surface area contributed by atoms with Gasteiger partial charge in [0.05, 0.1) is 5.92 Å². The van der Waals surface area contributed by atoms with Gasteiger partial charge in [-0.3, -0.25) is 9.59 Å². The molecular weight excluding hydrogens is 357 g/mol. The Kier molecular flexibility index (Phi) is 4.44. The van der Waals surface area contributed by atoms with Gasteiger partial charge in [-0.05, 0) is 66.5 Å². The van der Waals surface area contributed by atoms with Crippen molar-refractivity contribution in [3.05, 3.63) is 27.3 Å². The second-order valence-corrected chi connectivity index (χ2v) is 6.16. The van der Waals surface area contributed by atoms with E-state index in [9.17, 15) is 9.59 Å². The summed E-state index contributed by atoms with van der Waals surface area (Å²) >= 11 is 2.23. The molecule has 4 nitrogen and oxygen atoms in total. The summed E-state index contributed by atoms with van der Waals surface area (Å²) in [4.78, 5) is 23.0. The predicted molar refractivity (Wildman–Crippen MR) is 81.0 cm³/mol. The molecule has 2 atom stereocenters. The molecule has 0 spiro atoms. The quantitative estimate of drug-likeness (QED) is 0.801. The molecule has 19 heavy (non-hydrogen) atoms. The lowest BCUT2D eigenvalue weighted by atomic mass is 10.0. The Morgan fingerprint density at radius 1 is 1.32 bits per heavy atom. The van der Waals surface area contributed by atoms with Crippen LogP contribution in [0.2, 0.25) is 0 Å². The van der Waals surface area contributed by atoms with Crippen LogP contribution in [0.15, 0.2) is 18.2 Å². The number of carbonyl (C=O) groups excluding carboxylic acids is 1. The molecule has 1 aromatic rings. The SMILES string of the molecule is Cc1ccc(NC(=O)[C@@H]2CC[C@H](C(=O)O)C2)cc1I. The molecule has 1 saturated carbocycles. The standard InChI is InChI=1S/C14H16INO3/c1-8-2-5-11(7-12(8)15)16-13(17)9-3-4-10(6-9)14(18)19/h2,5,7,9-10H,3-4,6H2,1H3,(H,16,17)(H,18,19)/t9-,10+/m1/s1. The second kappa shape index (κ2) is 5.90. The van der Waals surface area contributed by atoms with E-state index in [0.29, 0.717) is 19.3 Å². The number of benzene rings is 1. The van der Waals surface area contributed by atoms with Gasteiger partial charge in [0, 0.05) is 15.2 Å². The van der Waals surface area contributed by atoms with Gasteiger partial charge in [0.15, 0.2) is 0 Å². The minimum absolute atomic E-state index is 0.0663. The lowest BCUT2D eigenvalue weighted by Crippen LogP contribution is -2.21. The van der Waals surface area contributed by atoms with Crippen molar-refractivity contribution in [2.75, 3.05) is 5.32 Å². The van der Waals surface area contributed by atoms with Gasteiger partial charge in [0.2, 0.25) is 5.91 Å². The summed E-state index contributed by atoms with van der Waals surface area (Å²) < 4.78 is 1.10. The van der Waals surface area contributed by atoms with Gasteiger partial charge >= 0.3 is 5.97 Å². The number of nitrogens with one attached hydrogen (secondary N) is 1. The van der Waals surface area contributed by atoms with Crippen LogP contribution in [-0.4, -0.2) is 17.0 Å². The van der Waals surface area contributed by atoms with Crippen LogP contribution < -0.4 is 5.32 Å². The fraction of sp³-hybridized carbons (Fsp3) is 0.429. The predicted octanol–water partition coefficient (Wildman–Crippen LogP) is 3.04. The third-order valence-electron chi connectivity index (χ3n) is 3.59. The third-order valence-corrected chi connectivity index (χ3v) is 4.75. The van der Waals surface area contributed by atoms with E-state index >= 15 is 0 Å². The van der Waals surface area contributed by atoms with Gasteiger partial charge in [-0.25, -0.2) is 0 Å². The topological polar surface area (TPSA) is 66.4 Å². The first-order chi connectivity index (χ1) is 8.97. The van der Waals surface area contributed by atoms with Crippen LogP contribution >= 0.6 is 22.6 Å². The van der Waals surface area contributed by atoms with Crippen molar-refractivity contribution in [2.45, 2.75) is 26.2 Å². The highest BCUT2D eigenvalue weighted by atomic mass is 127. The molecule has 2 N–H and O–H groups in total. The second-order valence-electron chi connectivity index (χ2n) is 5.00. The Morgan fingerprint density at radius 2 is 2.00 bits per heavy atom. The lowest BCUT2D eigenvalue weighted by molar-refractivity contribution is -0.141. The van der Waals surface area contributed by atoms with Gasteiger partial charge < -0.3 is 10.4 Å². The molecule has 1 amide bonds. The maximum Gasteiger partial charge on any atom is 0.306 e. The molecule has 0 radical (unpaired) electrons. The van der Waals surface area contributed by atoms with Crippen LogP contribution in [0.25, 0.3) is 0 Å². The van der Waals surface area contributed by atoms with Crippen LogP contribution in [0.4, 0.5) is 5.69 Å². The Balaban J connectivity index is 1.98. The highest BCUT2D eigenvalue weighted by Crippen LogP contribution is 2.32. The molecule has 1 aliphatic rings. The number of rotatable bonds is 3. The minimum Gasteiger partial charge on any atom is -0.481 e. The van der Waals surface area contributed by atoms with E-state index in [0.717, 1.165) is 9.26 Å². The van der Waals surface area contributed by atoms with E-state index < -0.39 is 5.97 Å². The third kappa shape index (κ3) is 3.46. The van der Waals surface area contributed by atoms with Gasteiger partial charge in [0.1, 0.15) is 0 Å². The summed E-state index contributed by atoms with van der Waals surface area (Å²) in [7, 11) is 0. The van der Waals surface area contributed by atoms with Crippen molar-refractivity contribution >= 4 is 40.2 Å². The molecule has 102 valence electrons. The fourth-order valence-electron chi connectivity index (χ4n) is 2.36. The summed E-state index contributed by atoms with van der Waals surface area (Å²) in [5.74, 6) is -1.41. The molecule has 1 aliphatic carbocycles. The number of carboxylic acid groups (broad SMARTS) is 1. The Bertz CT molecular complexity index is 515. The van der Waals surface area contributed by atoms with E-state index in [1.807, 2.05) is 25.1 Å². The number of carbonyl (C=O) groups is 2. The molecule has 0 aromatic heterocycles. The van der Waals surface area contributed by atoms with Crippen LogP contribution in [0, 0.1) is 22.3 Å². The summed E-state index contributed by atoms with van der Waals surface area (Å²) in [5.41, 5.74) is 1.95. The van der Waals surface area contributed by atoms with E-state index in [4.69, 9.17) is 5.11 Å². The van der Waals surface area contributed by atoms with Crippen molar-refractivity contribution in [3.63, 3.8) is 0 Å². The summed E-state index contributed by atoms with van der Waals surface area (Å²) in [5, 5.41) is 11.8. The molecular formula is C14H16INO3. The van der Waals surface area contributed by atoms with E-state index in [2.05, 4.69) is 27.9 Å². The van der Waals surface area contributed by atoms with Gasteiger partial charge in [-0.15, -0.1) is 0 Å². The average Bonchev–Trinajstić information content (AvgIpc) is 2.83. The Labute approximate surface area is 125 Å². The van der Waals surface area contributed by atoms with E-state index in [1.54, 1.807) is 0 Å². The fourth-order valence-corrected chi connectivity index (χ4v) is 2.87. The lowest BCUT2D eigenvalue weighted by Gasteiger charge is -2.11. The molecule has 0 bridgehead atoms. The van der Waals surface area contributed by atoms with Crippen molar-refractivity contribution in [1.82, 2.24) is 0 Å². The van der Waals surface area contributed by atoms with Crippen molar-refractivity contribution in [3.8, 4) is 0 Å². The average molecular weight is 373 g/mol. The number of aryl methyl sites for hydroxylation is 1. The molecule has 0 aliphatic heterocycles. The minimum atomic E-state index is -0.791. The molecule has 1 fully saturated rings. The Hall–Kier alpha value is -1.11. The molecule has 0 unspecified atom stereocenters. The van der Waals surface area contributed by atoms with Crippen molar-refractivity contribution in [2.24, 2.45) is 11.8 Å². The molecule has 0 saturated heterocycles. The smallest absolute Gasteiger partial charge is 0.306 e. The number of halogens is 1. The maximum absolute atomic E-state index is 12.1. The van der Waals surface area contributed by atoms with E-state index in [-0.39, 0.29) is 17.7 Å². The Morgan fingerprint density at radius 3 is 2.58 bits per heavy atom. The maximum atomic E-state index is 12.1. The number of hydrogen-bond acceptors (Lipinski definition) is 2. The van der Waals surface area contributed by atoms with Crippen LogP contribution in [-0.2, 0) is 9.59 Å². The monoisotopic (exact) mass is 373 g/mol. The van der Waals surface area contributed by atoms with Crippen molar-refractivity contribution < 1.29 is 14.7 Å². The first-order valence-corrected chi connectivity index (χ1v) is 7.35. The van der Waals surface area contributed by atoms with E-state index in [1.165, 1.54) is 5.56 Å². The molecule has 5 heteroatoms. The summed E-state index contributed by atoms with van der Waals surface area (Å²) in [6.07, 6.45) is 1.70. The highest BCUT2D eigenvalue weighted by molar-refractivity contribution is 14.1. The van der Waals surface area contributed by atoms with Gasteiger partial charge in [-0.2, -0.15) is 0 Å². The largest absolute Gasteiger partial charge is 0.481 e. The number of carboxylic acids is 1. The highest BCUT2D eigenvalue weighted by Gasteiger charge is 2.33. The number of aliphatic carboxylic acids is 1.